The van der Waals surface area contributed by atoms with E-state index in [4.69, 9.17) is 0 Å². The summed E-state index contributed by atoms with van der Waals surface area (Å²) in [7, 11) is 2.13. The van der Waals surface area contributed by atoms with Crippen molar-refractivity contribution in [3.8, 4) is 0 Å². The second-order valence-corrected chi connectivity index (χ2v) is 5.85. The molecule has 1 aromatic heterocycles. The molecule has 0 amide bonds. The fraction of sp³-hybridized carbons (Fsp3) is 0.692. The lowest BCUT2D eigenvalue weighted by Gasteiger charge is -2.17. The van der Waals surface area contributed by atoms with E-state index in [1.54, 1.807) is 0 Å². The van der Waals surface area contributed by atoms with Crippen LogP contribution in [0.4, 0.5) is 0 Å². The zero-order valence-corrected chi connectivity index (χ0v) is 10.1. The normalized spacial score (nSPS) is 35.1. The fourth-order valence-electron chi connectivity index (χ4n) is 3.57. The Labute approximate surface area is 95.9 Å². The van der Waals surface area contributed by atoms with Gasteiger partial charge < -0.3 is 5.32 Å². The molecule has 1 heterocycles. The molecule has 0 aromatic carbocycles. The Morgan fingerprint density at radius 3 is 2.87 bits per heavy atom. The van der Waals surface area contributed by atoms with E-state index in [9.17, 15) is 0 Å². The third-order valence-corrected chi connectivity index (χ3v) is 5.08. The minimum Gasteiger partial charge on any atom is -0.316 e. The van der Waals surface area contributed by atoms with Crippen molar-refractivity contribution < 1.29 is 0 Å². The molecule has 1 N–H and O–H groups in total. The lowest BCUT2D eigenvalue weighted by atomic mass is 9.99. The maximum atomic E-state index is 3.54. The molecule has 82 valence electrons. The Balaban J connectivity index is 1.63. The highest BCUT2D eigenvalue weighted by atomic mass is 32.1. The number of thiophene rings is 1. The van der Waals surface area contributed by atoms with Crippen LogP contribution in [-0.2, 0) is 6.42 Å². The number of hydrogen-bond acceptors (Lipinski definition) is 2. The van der Waals surface area contributed by atoms with E-state index < -0.39 is 0 Å². The van der Waals surface area contributed by atoms with Gasteiger partial charge in [0.25, 0.3) is 0 Å². The van der Waals surface area contributed by atoms with Gasteiger partial charge in [-0.25, -0.2) is 0 Å². The van der Waals surface area contributed by atoms with E-state index in [1.807, 2.05) is 11.3 Å². The summed E-state index contributed by atoms with van der Waals surface area (Å²) in [4.78, 5) is 0. The number of nitrogens with one attached hydrogen (secondary N) is 1. The van der Waals surface area contributed by atoms with Gasteiger partial charge in [-0.05, 0) is 66.5 Å². The van der Waals surface area contributed by atoms with Gasteiger partial charge in [-0.3, -0.25) is 0 Å². The minimum absolute atomic E-state index is 0.731. The molecule has 3 unspecified atom stereocenters. The minimum atomic E-state index is 0.731. The standard InChI is InChI=1S/C13H19NS/c1-14-12(7-9-5-6-15-8-9)13-10-3-2-4-11(10)13/h5-6,8,10-14H,2-4,7H2,1H3. The van der Waals surface area contributed by atoms with E-state index in [0.717, 1.165) is 23.8 Å². The molecule has 2 aliphatic rings. The summed E-state index contributed by atoms with van der Waals surface area (Å²) in [6, 6.07) is 3.00. The number of rotatable bonds is 4. The van der Waals surface area contributed by atoms with Crippen LogP contribution in [0.3, 0.4) is 0 Å². The van der Waals surface area contributed by atoms with Gasteiger partial charge in [0.1, 0.15) is 0 Å². The first-order chi connectivity index (χ1) is 7.40. The Hall–Kier alpha value is -0.340. The topological polar surface area (TPSA) is 12.0 Å². The SMILES string of the molecule is CNC(Cc1ccsc1)C1C2CCCC21. The van der Waals surface area contributed by atoms with Gasteiger partial charge in [0.2, 0.25) is 0 Å². The van der Waals surface area contributed by atoms with Gasteiger partial charge in [0, 0.05) is 6.04 Å². The Morgan fingerprint density at radius 2 is 2.27 bits per heavy atom. The van der Waals surface area contributed by atoms with Crippen molar-refractivity contribution in [2.75, 3.05) is 7.05 Å². The molecule has 2 saturated carbocycles. The lowest BCUT2D eigenvalue weighted by Crippen LogP contribution is -2.31. The summed E-state index contributed by atoms with van der Waals surface area (Å²) in [6.45, 7) is 0. The monoisotopic (exact) mass is 221 g/mol. The maximum absolute atomic E-state index is 3.54. The van der Waals surface area contributed by atoms with Crippen LogP contribution < -0.4 is 5.32 Å². The van der Waals surface area contributed by atoms with Gasteiger partial charge in [-0.1, -0.05) is 6.42 Å². The summed E-state index contributed by atoms with van der Waals surface area (Å²) in [5, 5.41) is 8.02. The van der Waals surface area contributed by atoms with Crippen molar-refractivity contribution in [1.29, 1.82) is 0 Å². The van der Waals surface area contributed by atoms with Crippen LogP contribution in [0.1, 0.15) is 24.8 Å². The van der Waals surface area contributed by atoms with Crippen LogP contribution >= 0.6 is 11.3 Å². The highest BCUT2D eigenvalue weighted by Gasteiger charge is 2.55. The highest BCUT2D eigenvalue weighted by molar-refractivity contribution is 7.07. The van der Waals surface area contributed by atoms with Crippen molar-refractivity contribution in [3.63, 3.8) is 0 Å². The molecule has 3 rings (SSSR count). The van der Waals surface area contributed by atoms with E-state index in [2.05, 4.69) is 29.2 Å². The third-order valence-electron chi connectivity index (χ3n) is 4.34. The summed E-state index contributed by atoms with van der Waals surface area (Å²) in [5.74, 6) is 3.13. The predicted octanol–water partition coefficient (Wildman–Crippen LogP) is 2.92. The highest BCUT2D eigenvalue weighted by Crippen LogP contribution is 2.59. The average Bonchev–Trinajstić information content (AvgIpc) is 2.73. The van der Waals surface area contributed by atoms with Gasteiger partial charge in [0.05, 0.1) is 0 Å². The van der Waals surface area contributed by atoms with Crippen molar-refractivity contribution in [1.82, 2.24) is 5.32 Å². The maximum Gasteiger partial charge on any atom is 0.0138 e. The summed E-state index contributed by atoms with van der Waals surface area (Å²) in [6.07, 6.45) is 5.71. The molecule has 1 aromatic rings. The molecular weight excluding hydrogens is 202 g/mol. The first kappa shape index (κ1) is 9.86. The predicted molar refractivity (Wildman–Crippen MR) is 65.2 cm³/mol. The molecule has 0 bridgehead atoms. The molecule has 1 nitrogen and oxygen atoms in total. The lowest BCUT2D eigenvalue weighted by molar-refractivity contribution is 0.429. The molecule has 0 saturated heterocycles. The van der Waals surface area contributed by atoms with Gasteiger partial charge in [-0.15, -0.1) is 0 Å². The van der Waals surface area contributed by atoms with Crippen LogP contribution in [0.25, 0.3) is 0 Å². The van der Waals surface area contributed by atoms with Gasteiger partial charge in [0.15, 0.2) is 0 Å². The quantitative estimate of drug-likeness (QED) is 0.824. The zero-order chi connectivity index (χ0) is 10.3. The molecule has 2 fully saturated rings. The summed E-state index contributed by atoms with van der Waals surface area (Å²) in [5.41, 5.74) is 1.52. The molecule has 0 radical (unpaired) electrons. The molecule has 2 heteroatoms. The molecule has 3 atom stereocenters. The first-order valence-electron chi connectivity index (χ1n) is 6.08. The number of hydrogen-bond donors (Lipinski definition) is 1. The van der Waals surface area contributed by atoms with Crippen LogP contribution in [0.2, 0.25) is 0 Å². The fourth-order valence-corrected chi connectivity index (χ4v) is 4.25. The van der Waals surface area contributed by atoms with Crippen LogP contribution in [-0.4, -0.2) is 13.1 Å². The van der Waals surface area contributed by atoms with Crippen LogP contribution in [0.15, 0.2) is 16.8 Å². The molecule has 2 aliphatic carbocycles. The largest absolute Gasteiger partial charge is 0.316 e. The van der Waals surface area contributed by atoms with Crippen molar-refractivity contribution in [3.05, 3.63) is 22.4 Å². The molecular formula is C13H19NS. The Bertz CT molecular complexity index is 309. The van der Waals surface area contributed by atoms with E-state index in [-0.39, 0.29) is 0 Å². The van der Waals surface area contributed by atoms with Crippen molar-refractivity contribution >= 4 is 11.3 Å². The second-order valence-electron chi connectivity index (χ2n) is 5.07. The molecule has 0 spiro atoms. The Kier molecular flexibility index (Phi) is 2.57. The summed E-state index contributed by atoms with van der Waals surface area (Å²) < 4.78 is 0. The Morgan fingerprint density at radius 1 is 1.47 bits per heavy atom. The van der Waals surface area contributed by atoms with Crippen molar-refractivity contribution in [2.45, 2.75) is 31.7 Å². The smallest absolute Gasteiger partial charge is 0.0138 e. The van der Waals surface area contributed by atoms with E-state index in [1.165, 1.54) is 31.2 Å². The third kappa shape index (κ3) is 1.74. The van der Waals surface area contributed by atoms with E-state index >= 15 is 0 Å². The number of fused-ring (bicyclic) bond motifs is 1. The van der Waals surface area contributed by atoms with E-state index in [0.29, 0.717) is 0 Å². The van der Waals surface area contributed by atoms with Gasteiger partial charge >= 0.3 is 0 Å². The van der Waals surface area contributed by atoms with Crippen LogP contribution in [0.5, 0.6) is 0 Å². The first-order valence-corrected chi connectivity index (χ1v) is 7.03. The molecule has 0 aliphatic heterocycles. The van der Waals surface area contributed by atoms with Crippen molar-refractivity contribution in [2.24, 2.45) is 17.8 Å². The average molecular weight is 221 g/mol. The van der Waals surface area contributed by atoms with Gasteiger partial charge in [-0.2, -0.15) is 11.3 Å². The summed E-state index contributed by atoms with van der Waals surface area (Å²) >= 11 is 1.82. The zero-order valence-electron chi connectivity index (χ0n) is 9.28. The molecule has 15 heavy (non-hydrogen) atoms. The van der Waals surface area contributed by atoms with Crippen LogP contribution in [0, 0.1) is 17.8 Å². The second kappa shape index (κ2) is 3.91. The number of likely N-dealkylation sites (N-methyl/N-ethyl adjacent to an activating group) is 1.